The first kappa shape index (κ1) is 28.4. The Morgan fingerprint density at radius 2 is 1.90 bits per heavy atom. The van der Waals surface area contributed by atoms with Gasteiger partial charge in [-0.1, -0.05) is 0 Å². The van der Waals surface area contributed by atoms with E-state index in [4.69, 9.17) is 10.5 Å². The predicted molar refractivity (Wildman–Crippen MR) is 143 cm³/mol. The van der Waals surface area contributed by atoms with Crippen LogP contribution in [0.25, 0.3) is 17.1 Å². The minimum absolute atomic E-state index is 0.116. The van der Waals surface area contributed by atoms with Gasteiger partial charge in [0.15, 0.2) is 5.69 Å². The van der Waals surface area contributed by atoms with Crippen molar-refractivity contribution in [3.63, 3.8) is 0 Å². The second-order valence-electron chi connectivity index (χ2n) is 10.2. The van der Waals surface area contributed by atoms with Gasteiger partial charge in [0, 0.05) is 60.7 Å². The first-order valence-electron chi connectivity index (χ1n) is 13.1. The number of hydrogen-bond acceptors (Lipinski definition) is 8. The summed E-state index contributed by atoms with van der Waals surface area (Å²) in [6, 6.07) is 3.03. The van der Waals surface area contributed by atoms with Crippen molar-refractivity contribution in [2.75, 3.05) is 25.1 Å². The molecule has 1 aliphatic carbocycles. The highest BCUT2D eigenvalue weighted by atomic mass is 19.4. The predicted octanol–water partition coefficient (Wildman–Crippen LogP) is 5.46. The van der Waals surface area contributed by atoms with Crippen molar-refractivity contribution < 1.29 is 26.7 Å². The molecule has 2 fully saturated rings. The number of anilines is 1. The summed E-state index contributed by atoms with van der Waals surface area (Å²) < 4.78 is 73.7. The molecule has 2 aliphatic rings. The number of halogens is 5. The number of nitrogens with two attached hydrogens (primary N) is 1. The van der Waals surface area contributed by atoms with Gasteiger partial charge in [-0.25, -0.2) is 24.9 Å². The Balaban J connectivity index is 1.50. The molecule has 218 valence electrons. The molecule has 0 unspecified atom stereocenters. The number of alkyl halides is 5. The Hall–Kier alpha value is -4.10. The molecule has 1 saturated heterocycles. The fourth-order valence-corrected chi connectivity index (χ4v) is 4.90. The number of rotatable bonds is 7. The fourth-order valence-electron chi connectivity index (χ4n) is 4.90. The van der Waals surface area contributed by atoms with Crippen LogP contribution in [0.4, 0.5) is 27.8 Å². The monoisotopic (exact) mass is 576 g/mol. The smallest absolute Gasteiger partial charge is 0.434 e. The number of aliphatic imine (C=N–C) groups is 1. The van der Waals surface area contributed by atoms with Crippen molar-refractivity contribution in [2.24, 2.45) is 10.7 Å². The van der Waals surface area contributed by atoms with Crippen LogP contribution < -0.4 is 15.4 Å². The molecule has 3 aromatic heterocycles. The van der Waals surface area contributed by atoms with E-state index >= 15 is 0 Å². The number of piperidine rings is 1. The van der Waals surface area contributed by atoms with Gasteiger partial charge in [-0.2, -0.15) is 22.0 Å². The number of methoxy groups -OCH3 is 1. The fraction of sp³-hybridized carbons (Fsp3) is 0.444. The summed E-state index contributed by atoms with van der Waals surface area (Å²) in [7, 11) is 1.45. The summed E-state index contributed by atoms with van der Waals surface area (Å²) in [5, 5.41) is 0. The third kappa shape index (κ3) is 5.86. The molecule has 14 heteroatoms. The minimum Gasteiger partial charge on any atom is -0.480 e. The van der Waals surface area contributed by atoms with Crippen molar-refractivity contribution in [2.45, 2.75) is 57.8 Å². The second kappa shape index (κ2) is 11.1. The molecule has 41 heavy (non-hydrogen) atoms. The van der Waals surface area contributed by atoms with E-state index in [1.54, 1.807) is 26.0 Å². The molecule has 9 nitrogen and oxygen atoms in total. The van der Waals surface area contributed by atoms with Gasteiger partial charge in [-0.05, 0) is 38.8 Å². The second-order valence-corrected chi connectivity index (χ2v) is 10.2. The van der Waals surface area contributed by atoms with Gasteiger partial charge in [0.05, 0.1) is 24.1 Å². The lowest BCUT2D eigenvalue weighted by Gasteiger charge is -2.32. The molecule has 0 amide bonds. The Morgan fingerprint density at radius 1 is 1.15 bits per heavy atom. The molecule has 3 aromatic rings. The first-order valence-corrected chi connectivity index (χ1v) is 13.1. The lowest BCUT2D eigenvalue weighted by molar-refractivity contribution is -0.140. The van der Waals surface area contributed by atoms with Gasteiger partial charge in [0.25, 0.3) is 0 Å². The van der Waals surface area contributed by atoms with E-state index in [1.165, 1.54) is 24.2 Å². The summed E-state index contributed by atoms with van der Waals surface area (Å²) >= 11 is 0. The van der Waals surface area contributed by atoms with Crippen LogP contribution in [0.2, 0.25) is 0 Å². The van der Waals surface area contributed by atoms with E-state index in [1.807, 2.05) is 4.90 Å². The van der Waals surface area contributed by atoms with E-state index in [2.05, 4.69) is 24.9 Å². The highest BCUT2D eigenvalue weighted by Gasteiger charge is 2.36. The standard InChI is InChI=1S/C27H29F5N8O/c1-14(2)40-12-19(27(30,31)32)38-24(40)16-6-7-20(34-10-16)39-9-8-18(37-26(28)29)17(11-39)22(33)21-23(15-4-5-15)35-13-36-25(21)41-3/h6-7,10,12-15,26H,4-5,8-9,11,33H2,1-3H3/b22-17-,37-18+. The molecular weight excluding hydrogens is 547 g/mol. The van der Waals surface area contributed by atoms with Crippen LogP contribution in [0.1, 0.15) is 62.0 Å². The van der Waals surface area contributed by atoms with Crippen LogP contribution in [-0.4, -0.2) is 57.0 Å². The van der Waals surface area contributed by atoms with Crippen molar-refractivity contribution in [3.8, 4) is 17.3 Å². The van der Waals surface area contributed by atoms with Crippen molar-refractivity contribution in [1.82, 2.24) is 24.5 Å². The summed E-state index contributed by atoms with van der Waals surface area (Å²) in [6.07, 6.45) is 1.27. The number of hydrogen-bond donors (Lipinski definition) is 1. The molecule has 1 aliphatic heterocycles. The van der Waals surface area contributed by atoms with E-state index in [0.717, 1.165) is 19.0 Å². The van der Waals surface area contributed by atoms with Crippen LogP contribution in [0.15, 0.2) is 41.4 Å². The van der Waals surface area contributed by atoms with E-state index < -0.39 is 18.4 Å². The average Bonchev–Trinajstić information content (AvgIpc) is 3.68. The minimum atomic E-state index is -4.58. The van der Waals surface area contributed by atoms with E-state index in [0.29, 0.717) is 34.8 Å². The van der Waals surface area contributed by atoms with Crippen molar-refractivity contribution in [1.29, 1.82) is 0 Å². The molecule has 0 bridgehead atoms. The van der Waals surface area contributed by atoms with Gasteiger partial charge < -0.3 is 19.9 Å². The zero-order valence-electron chi connectivity index (χ0n) is 22.7. The Morgan fingerprint density at radius 3 is 2.49 bits per heavy atom. The summed E-state index contributed by atoms with van der Waals surface area (Å²) in [4.78, 5) is 22.3. The largest absolute Gasteiger partial charge is 0.480 e. The topological polar surface area (TPSA) is 107 Å². The van der Waals surface area contributed by atoms with Crippen molar-refractivity contribution >= 4 is 17.2 Å². The molecule has 1 saturated carbocycles. The van der Waals surface area contributed by atoms with E-state index in [9.17, 15) is 22.0 Å². The quantitative estimate of drug-likeness (QED) is 0.294. The van der Waals surface area contributed by atoms with Gasteiger partial charge in [-0.3, -0.25) is 0 Å². The van der Waals surface area contributed by atoms with E-state index in [-0.39, 0.29) is 48.0 Å². The molecule has 5 rings (SSSR count). The first-order chi connectivity index (χ1) is 19.5. The zero-order valence-corrected chi connectivity index (χ0v) is 22.7. The van der Waals surface area contributed by atoms with Crippen LogP contribution in [0.5, 0.6) is 5.88 Å². The van der Waals surface area contributed by atoms with Crippen LogP contribution in [0, 0.1) is 0 Å². The number of aromatic nitrogens is 5. The van der Waals surface area contributed by atoms with Gasteiger partial charge in [0.2, 0.25) is 5.88 Å². The molecule has 0 atom stereocenters. The maximum atomic E-state index is 13.4. The number of ether oxygens (including phenoxy) is 1. The highest BCUT2D eigenvalue weighted by molar-refractivity contribution is 6.08. The molecule has 0 aromatic carbocycles. The van der Waals surface area contributed by atoms with Gasteiger partial charge in [0.1, 0.15) is 18.0 Å². The van der Waals surface area contributed by atoms with Gasteiger partial charge >= 0.3 is 12.7 Å². The molecule has 4 heterocycles. The van der Waals surface area contributed by atoms with Crippen molar-refractivity contribution in [3.05, 3.63) is 53.4 Å². The lowest BCUT2D eigenvalue weighted by atomic mass is 9.95. The Kier molecular flexibility index (Phi) is 7.66. The normalized spacial score (nSPS) is 18.5. The summed E-state index contributed by atoms with van der Waals surface area (Å²) in [5.74, 6) is 1.07. The number of nitrogens with zero attached hydrogens (tertiary/aromatic N) is 7. The third-order valence-electron chi connectivity index (χ3n) is 7.07. The average molecular weight is 577 g/mol. The molecule has 2 N–H and O–H groups in total. The lowest BCUT2D eigenvalue weighted by Crippen LogP contribution is -2.38. The highest BCUT2D eigenvalue weighted by Crippen LogP contribution is 2.44. The van der Waals surface area contributed by atoms with Crippen LogP contribution in [-0.2, 0) is 6.18 Å². The Labute approximate surface area is 233 Å². The number of imidazole rings is 1. The summed E-state index contributed by atoms with van der Waals surface area (Å²) in [5.41, 5.74) is 8.03. The van der Waals surface area contributed by atoms with Crippen LogP contribution in [0.3, 0.4) is 0 Å². The summed E-state index contributed by atoms with van der Waals surface area (Å²) in [6.45, 7) is 1.05. The van der Waals surface area contributed by atoms with Crippen LogP contribution >= 0.6 is 0 Å². The Bertz CT molecular complexity index is 1480. The maximum absolute atomic E-state index is 13.4. The SMILES string of the molecule is COc1ncnc(C2CC2)c1/C(N)=C1\CN(c2ccc(-c3nc(C(F)(F)F)cn3C(C)C)cn2)CC\C1=N/C(F)F. The molecule has 0 spiro atoms. The third-order valence-corrected chi connectivity index (χ3v) is 7.07. The number of pyridine rings is 1. The molecule has 0 radical (unpaired) electrons. The molecular formula is C27H29F5N8O. The van der Waals surface area contributed by atoms with Gasteiger partial charge in [-0.15, -0.1) is 0 Å². The maximum Gasteiger partial charge on any atom is 0.434 e. The zero-order chi connectivity index (χ0) is 29.5.